The van der Waals surface area contributed by atoms with E-state index < -0.39 is 0 Å². The highest BCUT2D eigenvalue weighted by Gasteiger charge is 2.43. The van der Waals surface area contributed by atoms with E-state index >= 15 is 0 Å². The SMILES string of the molecule is CCC1CN(CC2(CCOC)CC2)CCCN1. The predicted octanol–water partition coefficient (Wildman–Crippen LogP) is 1.88. The van der Waals surface area contributed by atoms with E-state index in [1.54, 1.807) is 0 Å². The molecular weight excluding hydrogens is 212 g/mol. The maximum atomic E-state index is 5.24. The Balaban J connectivity index is 1.80. The number of methoxy groups -OCH3 is 1. The van der Waals surface area contributed by atoms with Crippen LogP contribution in [0, 0.1) is 5.41 Å². The van der Waals surface area contributed by atoms with Gasteiger partial charge in [-0.15, -0.1) is 0 Å². The minimum atomic E-state index is 0.610. The first kappa shape index (κ1) is 13.3. The molecule has 100 valence electrons. The van der Waals surface area contributed by atoms with Gasteiger partial charge in [-0.1, -0.05) is 6.92 Å². The standard InChI is InChI=1S/C14H28N2O/c1-3-13-11-16(9-4-8-15-13)12-14(5-6-14)7-10-17-2/h13,15H,3-12H2,1-2H3. The Hall–Kier alpha value is -0.120. The van der Waals surface area contributed by atoms with Gasteiger partial charge in [0.15, 0.2) is 0 Å². The number of hydrogen-bond donors (Lipinski definition) is 1. The molecule has 2 aliphatic rings. The average molecular weight is 240 g/mol. The van der Waals surface area contributed by atoms with Crippen molar-refractivity contribution >= 4 is 0 Å². The quantitative estimate of drug-likeness (QED) is 0.767. The van der Waals surface area contributed by atoms with Gasteiger partial charge in [-0.2, -0.15) is 0 Å². The fourth-order valence-corrected chi connectivity index (χ4v) is 2.95. The molecule has 1 N–H and O–H groups in total. The topological polar surface area (TPSA) is 24.5 Å². The van der Waals surface area contributed by atoms with Crippen LogP contribution in [0.15, 0.2) is 0 Å². The minimum absolute atomic E-state index is 0.610. The van der Waals surface area contributed by atoms with Crippen molar-refractivity contribution in [1.82, 2.24) is 10.2 Å². The van der Waals surface area contributed by atoms with Crippen LogP contribution >= 0.6 is 0 Å². The van der Waals surface area contributed by atoms with Gasteiger partial charge in [0.1, 0.15) is 0 Å². The molecule has 3 heteroatoms. The van der Waals surface area contributed by atoms with Gasteiger partial charge in [-0.05, 0) is 50.6 Å². The summed E-state index contributed by atoms with van der Waals surface area (Å²) in [6.07, 6.45) is 6.64. The summed E-state index contributed by atoms with van der Waals surface area (Å²) in [5, 5.41) is 3.64. The second kappa shape index (κ2) is 6.17. The molecule has 1 unspecified atom stereocenters. The zero-order chi connectivity index (χ0) is 12.1. The molecule has 0 aromatic heterocycles. The Bertz CT molecular complexity index is 228. The third kappa shape index (κ3) is 3.94. The number of ether oxygens (including phenoxy) is 1. The number of nitrogens with zero attached hydrogens (tertiary/aromatic N) is 1. The maximum absolute atomic E-state index is 5.24. The van der Waals surface area contributed by atoms with Crippen molar-refractivity contribution in [2.45, 2.75) is 45.1 Å². The number of nitrogens with one attached hydrogen (secondary N) is 1. The zero-order valence-corrected chi connectivity index (χ0v) is 11.5. The first-order valence-electron chi connectivity index (χ1n) is 7.23. The van der Waals surface area contributed by atoms with E-state index in [1.807, 2.05) is 7.11 Å². The van der Waals surface area contributed by atoms with Gasteiger partial charge in [0.05, 0.1) is 0 Å². The fourth-order valence-electron chi connectivity index (χ4n) is 2.95. The van der Waals surface area contributed by atoms with Gasteiger partial charge in [0, 0.05) is 32.8 Å². The van der Waals surface area contributed by atoms with Crippen LogP contribution in [0.5, 0.6) is 0 Å². The molecule has 0 bridgehead atoms. The molecule has 0 aromatic carbocycles. The summed E-state index contributed by atoms with van der Waals surface area (Å²) in [7, 11) is 1.82. The van der Waals surface area contributed by atoms with Crippen LogP contribution in [0.3, 0.4) is 0 Å². The monoisotopic (exact) mass is 240 g/mol. The van der Waals surface area contributed by atoms with Crippen LogP contribution in [0.2, 0.25) is 0 Å². The maximum Gasteiger partial charge on any atom is 0.0468 e. The Kier molecular flexibility index (Phi) is 4.83. The van der Waals surface area contributed by atoms with Crippen molar-refractivity contribution < 1.29 is 4.74 Å². The molecule has 0 aromatic rings. The van der Waals surface area contributed by atoms with Crippen molar-refractivity contribution in [2.75, 3.05) is 39.9 Å². The summed E-state index contributed by atoms with van der Waals surface area (Å²) in [5.41, 5.74) is 0.610. The van der Waals surface area contributed by atoms with E-state index in [0.29, 0.717) is 11.5 Å². The van der Waals surface area contributed by atoms with Crippen molar-refractivity contribution in [3.63, 3.8) is 0 Å². The smallest absolute Gasteiger partial charge is 0.0468 e. The van der Waals surface area contributed by atoms with E-state index in [-0.39, 0.29) is 0 Å². The molecule has 2 fully saturated rings. The van der Waals surface area contributed by atoms with Crippen LogP contribution in [0.25, 0.3) is 0 Å². The summed E-state index contributed by atoms with van der Waals surface area (Å²) in [5.74, 6) is 0. The van der Waals surface area contributed by atoms with Gasteiger partial charge in [-0.25, -0.2) is 0 Å². The fraction of sp³-hybridized carbons (Fsp3) is 1.00. The molecule has 1 atom stereocenters. The molecule has 0 radical (unpaired) electrons. The molecule has 1 aliphatic heterocycles. The molecule has 1 saturated heterocycles. The summed E-state index contributed by atoms with van der Waals surface area (Å²) < 4.78 is 5.24. The first-order chi connectivity index (χ1) is 8.28. The Labute approximate surface area is 106 Å². The van der Waals surface area contributed by atoms with Gasteiger partial charge < -0.3 is 15.0 Å². The lowest BCUT2D eigenvalue weighted by Gasteiger charge is -2.28. The summed E-state index contributed by atoms with van der Waals surface area (Å²) >= 11 is 0. The van der Waals surface area contributed by atoms with Crippen molar-refractivity contribution in [3.8, 4) is 0 Å². The number of rotatable bonds is 6. The molecule has 1 aliphatic carbocycles. The summed E-state index contributed by atoms with van der Waals surface area (Å²) in [4.78, 5) is 2.69. The largest absolute Gasteiger partial charge is 0.385 e. The van der Waals surface area contributed by atoms with Gasteiger partial charge in [-0.3, -0.25) is 0 Å². The highest BCUT2D eigenvalue weighted by atomic mass is 16.5. The minimum Gasteiger partial charge on any atom is -0.385 e. The normalized spacial score (nSPS) is 28.9. The van der Waals surface area contributed by atoms with E-state index in [0.717, 1.165) is 6.61 Å². The van der Waals surface area contributed by atoms with Gasteiger partial charge in [0.25, 0.3) is 0 Å². The molecule has 1 heterocycles. The zero-order valence-electron chi connectivity index (χ0n) is 11.5. The molecule has 1 saturated carbocycles. The van der Waals surface area contributed by atoms with E-state index in [9.17, 15) is 0 Å². The second-order valence-corrected chi connectivity index (χ2v) is 5.89. The molecule has 0 spiro atoms. The van der Waals surface area contributed by atoms with Crippen LogP contribution in [0.1, 0.15) is 39.0 Å². The first-order valence-corrected chi connectivity index (χ1v) is 7.23. The Morgan fingerprint density at radius 2 is 2.24 bits per heavy atom. The lowest BCUT2D eigenvalue weighted by Crippen LogP contribution is -2.39. The van der Waals surface area contributed by atoms with Crippen molar-refractivity contribution in [3.05, 3.63) is 0 Å². The van der Waals surface area contributed by atoms with Crippen LogP contribution < -0.4 is 5.32 Å². The van der Waals surface area contributed by atoms with Gasteiger partial charge >= 0.3 is 0 Å². The average Bonchev–Trinajstić information content (AvgIpc) is 3.12. The lowest BCUT2D eigenvalue weighted by atomic mass is 10.0. The summed E-state index contributed by atoms with van der Waals surface area (Å²) in [6.45, 7) is 8.24. The van der Waals surface area contributed by atoms with Gasteiger partial charge in [0.2, 0.25) is 0 Å². The van der Waals surface area contributed by atoms with E-state index in [2.05, 4.69) is 17.1 Å². The summed E-state index contributed by atoms with van der Waals surface area (Å²) in [6, 6.07) is 0.704. The number of hydrogen-bond acceptors (Lipinski definition) is 3. The Morgan fingerprint density at radius 3 is 2.88 bits per heavy atom. The van der Waals surface area contributed by atoms with E-state index in [4.69, 9.17) is 4.74 Å². The third-order valence-corrected chi connectivity index (χ3v) is 4.41. The highest BCUT2D eigenvalue weighted by molar-refractivity contribution is 4.96. The van der Waals surface area contributed by atoms with Crippen LogP contribution in [-0.4, -0.2) is 50.8 Å². The third-order valence-electron chi connectivity index (χ3n) is 4.41. The van der Waals surface area contributed by atoms with Crippen LogP contribution in [0.4, 0.5) is 0 Å². The van der Waals surface area contributed by atoms with Crippen molar-refractivity contribution in [1.29, 1.82) is 0 Å². The Morgan fingerprint density at radius 1 is 1.41 bits per heavy atom. The molecular formula is C14H28N2O. The molecule has 2 rings (SSSR count). The predicted molar refractivity (Wildman–Crippen MR) is 71.3 cm³/mol. The molecule has 0 amide bonds. The lowest BCUT2D eigenvalue weighted by molar-refractivity contribution is 0.145. The highest BCUT2D eigenvalue weighted by Crippen LogP contribution is 2.49. The van der Waals surface area contributed by atoms with Crippen LogP contribution in [-0.2, 0) is 4.74 Å². The molecule has 17 heavy (non-hydrogen) atoms. The molecule has 3 nitrogen and oxygen atoms in total. The van der Waals surface area contributed by atoms with Crippen molar-refractivity contribution in [2.24, 2.45) is 5.41 Å². The van der Waals surface area contributed by atoms with E-state index in [1.165, 1.54) is 58.3 Å². The second-order valence-electron chi connectivity index (χ2n) is 5.89.